The smallest absolute Gasteiger partial charge is 0.126 e. The van der Waals surface area contributed by atoms with Crippen LogP contribution in [0.4, 0.5) is 10.1 Å². The van der Waals surface area contributed by atoms with Gasteiger partial charge in [0.1, 0.15) is 5.82 Å². The van der Waals surface area contributed by atoms with Crippen LogP contribution in [0.3, 0.4) is 0 Å². The fraction of sp³-hybridized carbons (Fsp3) is 0.429. The number of hydrogen-bond acceptors (Lipinski definition) is 2. The molecule has 0 aliphatic heterocycles. The van der Waals surface area contributed by atoms with E-state index in [-0.39, 0.29) is 5.82 Å². The molecule has 3 heteroatoms. The standard InChI is InChI=1S/C14H18FNO/c1-5-7-16(6-2)14-8-10(3)13(15)9-12(14)11(4)17/h1,8-9,11,17H,6-7H2,2-4H3/t11-/m0/s1. The number of anilines is 1. The Labute approximate surface area is 102 Å². The zero-order valence-electron chi connectivity index (χ0n) is 10.5. The van der Waals surface area contributed by atoms with Gasteiger partial charge in [-0.15, -0.1) is 6.42 Å². The number of aliphatic hydroxyl groups excluding tert-OH is 1. The predicted octanol–water partition coefficient (Wildman–Crippen LogP) is 2.65. The molecule has 0 saturated heterocycles. The summed E-state index contributed by atoms with van der Waals surface area (Å²) >= 11 is 0. The highest BCUT2D eigenvalue weighted by Gasteiger charge is 2.15. The molecule has 1 N–H and O–H groups in total. The maximum atomic E-state index is 13.5. The van der Waals surface area contributed by atoms with E-state index >= 15 is 0 Å². The van der Waals surface area contributed by atoms with E-state index in [0.29, 0.717) is 17.7 Å². The first-order valence-electron chi connectivity index (χ1n) is 5.67. The van der Waals surface area contributed by atoms with E-state index in [9.17, 15) is 9.50 Å². The fourth-order valence-corrected chi connectivity index (χ4v) is 1.77. The van der Waals surface area contributed by atoms with Crippen molar-refractivity contribution >= 4 is 5.69 Å². The van der Waals surface area contributed by atoms with Crippen LogP contribution in [0.25, 0.3) is 0 Å². The SMILES string of the molecule is C#CCN(CC)c1cc(C)c(F)cc1[C@H](C)O. The third kappa shape index (κ3) is 2.98. The van der Waals surface area contributed by atoms with Gasteiger partial charge in [0.2, 0.25) is 0 Å². The lowest BCUT2D eigenvalue weighted by Crippen LogP contribution is -2.24. The number of terminal acetylenes is 1. The molecular formula is C14H18FNO. The maximum absolute atomic E-state index is 13.5. The minimum absolute atomic E-state index is 0.304. The van der Waals surface area contributed by atoms with Gasteiger partial charge in [0.15, 0.2) is 0 Å². The van der Waals surface area contributed by atoms with Crippen LogP contribution in [-0.4, -0.2) is 18.2 Å². The maximum Gasteiger partial charge on any atom is 0.126 e. The Morgan fingerprint density at radius 1 is 1.53 bits per heavy atom. The van der Waals surface area contributed by atoms with E-state index in [1.165, 1.54) is 6.07 Å². The third-order valence-electron chi connectivity index (χ3n) is 2.76. The average molecular weight is 235 g/mol. The lowest BCUT2D eigenvalue weighted by molar-refractivity contribution is 0.199. The van der Waals surface area contributed by atoms with E-state index in [1.54, 1.807) is 19.9 Å². The highest BCUT2D eigenvalue weighted by atomic mass is 19.1. The highest BCUT2D eigenvalue weighted by molar-refractivity contribution is 5.57. The minimum Gasteiger partial charge on any atom is -0.389 e. The van der Waals surface area contributed by atoms with Gasteiger partial charge < -0.3 is 10.0 Å². The van der Waals surface area contributed by atoms with Gasteiger partial charge in [-0.2, -0.15) is 0 Å². The number of halogens is 1. The van der Waals surface area contributed by atoms with Crippen LogP contribution < -0.4 is 4.90 Å². The molecule has 0 aliphatic rings. The van der Waals surface area contributed by atoms with E-state index in [0.717, 1.165) is 12.2 Å². The molecule has 0 amide bonds. The van der Waals surface area contributed by atoms with Crippen LogP contribution in [0, 0.1) is 25.1 Å². The van der Waals surface area contributed by atoms with Gasteiger partial charge in [0.05, 0.1) is 12.6 Å². The summed E-state index contributed by atoms with van der Waals surface area (Å²) in [5, 5.41) is 9.69. The number of nitrogens with zero attached hydrogens (tertiary/aromatic N) is 1. The Balaban J connectivity index is 3.29. The van der Waals surface area contributed by atoms with E-state index in [4.69, 9.17) is 6.42 Å². The summed E-state index contributed by atoms with van der Waals surface area (Å²) in [6, 6.07) is 3.12. The predicted molar refractivity (Wildman–Crippen MR) is 68.5 cm³/mol. The van der Waals surface area contributed by atoms with Crippen molar-refractivity contribution in [2.75, 3.05) is 18.0 Å². The van der Waals surface area contributed by atoms with Gasteiger partial charge in [-0.3, -0.25) is 0 Å². The normalized spacial score (nSPS) is 12.0. The van der Waals surface area contributed by atoms with Crippen LogP contribution in [0.15, 0.2) is 12.1 Å². The molecule has 0 radical (unpaired) electrons. The lowest BCUT2D eigenvalue weighted by atomic mass is 10.0. The van der Waals surface area contributed by atoms with E-state index < -0.39 is 6.10 Å². The second-order valence-electron chi connectivity index (χ2n) is 4.05. The van der Waals surface area contributed by atoms with Crippen LogP contribution >= 0.6 is 0 Å². The molecule has 0 spiro atoms. The number of benzene rings is 1. The molecule has 92 valence electrons. The molecule has 0 heterocycles. The van der Waals surface area contributed by atoms with Crippen molar-refractivity contribution in [1.82, 2.24) is 0 Å². The third-order valence-corrected chi connectivity index (χ3v) is 2.76. The van der Waals surface area contributed by atoms with Gasteiger partial charge >= 0.3 is 0 Å². The highest BCUT2D eigenvalue weighted by Crippen LogP contribution is 2.29. The first kappa shape index (κ1) is 13.5. The fourth-order valence-electron chi connectivity index (χ4n) is 1.77. The van der Waals surface area contributed by atoms with Gasteiger partial charge in [-0.05, 0) is 38.5 Å². The second-order valence-corrected chi connectivity index (χ2v) is 4.05. The average Bonchev–Trinajstić information content (AvgIpc) is 2.29. The molecule has 0 bridgehead atoms. The summed E-state index contributed by atoms with van der Waals surface area (Å²) in [5.41, 5.74) is 1.93. The Hall–Kier alpha value is -1.53. The van der Waals surface area contributed by atoms with Gasteiger partial charge in [-0.25, -0.2) is 4.39 Å². The molecule has 0 unspecified atom stereocenters. The Bertz CT molecular complexity index is 435. The molecule has 0 saturated carbocycles. The van der Waals surface area contributed by atoms with Crippen LogP contribution in [0.5, 0.6) is 0 Å². The quantitative estimate of drug-likeness (QED) is 0.811. The number of hydrogen-bond donors (Lipinski definition) is 1. The summed E-state index contributed by atoms with van der Waals surface area (Å²) in [5.74, 6) is 2.26. The summed E-state index contributed by atoms with van der Waals surface area (Å²) in [4.78, 5) is 1.94. The van der Waals surface area contributed by atoms with Crippen molar-refractivity contribution < 1.29 is 9.50 Å². The largest absolute Gasteiger partial charge is 0.389 e. The van der Waals surface area contributed by atoms with Crippen molar-refractivity contribution in [1.29, 1.82) is 0 Å². The van der Waals surface area contributed by atoms with Crippen molar-refractivity contribution in [3.63, 3.8) is 0 Å². The molecular weight excluding hydrogens is 217 g/mol. The van der Waals surface area contributed by atoms with Crippen molar-refractivity contribution in [2.45, 2.75) is 26.9 Å². The minimum atomic E-state index is -0.716. The Kier molecular flexibility index (Phi) is 4.53. The molecule has 2 nitrogen and oxygen atoms in total. The van der Waals surface area contributed by atoms with Gasteiger partial charge in [0, 0.05) is 17.8 Å². The molecule has 0 aliphatic carbocycles. The van der Waals surface area contributed by atoms with Crippen molar-refractivity contribution in [2.24, 2.45) is 0 Å². The zero-order chi connectivity index (χ0) is 13.0. The summed E-state index contributed by atoms with van der Waals surface area (Å²) in [7, 11) is 0. The molecule has 0 fully saturated rings. The Morgan fingerprint density at radius 2 is 2.18 bits per heavy atom. The van der Waals surface area contributed by atoms with Crippen LogP contribution in [-0.2, 0) is 0 Å². The van der Waals surface area contributed by atoms with Crippen LogP contribution in [0.2, 0.25) is 0 Å². The van der Waals surface area contributed by atoms with Crippen molar-refractivity contribution in [3.8, 4) is 12.3 Å². The molecule has 1 aromatic rings. The second kappa shape index (κ2) is 5.70. The monoisotopic (exact) mass is 235 g/mol. The van der Waals surface area contributed by atoms with E-state index in [1.807, 2.05) is 11.8 Å². The first-order chi connectivity index (χ1) is 8.01. The number of aryl methyl sites for hydroxylation is 1. The molecule has 1 rings (SSSR count). The zero-order valence-corrected chi connectivity index (χ0v) is 10.5. The van der Waals surface area contributed by atoms with Crippen LogP contribution in [0.1, 0.15) is 31.1 Å². The molecule has 0 aromatic heterocycles. The van der Waals surface area contributed by atoms with E-state index in [2.05, 4.69) is 5.92 Å². The molecule has 1 atom stereocenters. The lowest BCUT2D eigenvalue weighted by Gasteiger charge is -2.25. The summed E-state index contributed by atoms with van der Waals surface area (Å²) < 4.78 is 13.5. The Morgan fingerprint density at radius 3 is 2.65 bits per heavy atom. The molecule has 17 heavy (non-hydrogen) atoms. The first-order valence-corrected chi connectivity index (χ1v) is 5.67. The number of rotatable bonds is 4. The number of aliphatic hydroxyl groups is 1. The summed E-state index contributed by atoms with van der Waals surface area (Å²) in [6.45, 7) is 6.46. The van der Waals surface area contributed by atoms with Crippen molar-refractivity contribution in [3.05, 3.63) is 29.1 Å². The van der Waals surface area contributed by atoms with Gasteiger partial charge in [-0.1, -0.05) is 5.92 Å². The van der Waals surface area contributed by atoms with Gasteiger partial charge in [0.25, 0.3) is 0 Å². The molecule has 1 aromatic carbocycles. The summed E-state index contributed by atoms with van der Waals surface area (Å²) in [6.07, 6.45) is 4.59. The topological polar surface area (TPSA) is 23.5 Å².